The Hall–Kier alpha value is -1.53. The van der Waals surface area contributed by atoms with Crippen LogP contribution >= 0.6 is 0 Å². The molecule has 1 heterocycles. The Labute approximate surface area is 125 Å². The third-order valence-electron chi connectivity index (χ3n) is 3.29. The average Bonchev–Trinajstić information content (AvgIpc) is 2.52. The number of ether oxygens (including phenoxy) is 2. The van der Waals surface area contributed by atoms with Crippen LogP contribution in [0.15, 0.2) is 36.4 Å². The Morgan fingerprint density at radius 3 is 2.48 bits per heavy atom. The molecule has 1 unspecified atom stereocenters. The molecule has 2 aromatic rings. The van der Waals surface area contributed by atoms with Crippen LogP contribution in [0, 0.1) is 0 Å². The highest BCUT2D eigenvalue weighted by Gasteiger charge is 2.22. The predicted octanol–water partition coefficient (Wildman–Crippen LogP) is 2.01. The van der Waals surface area contributed by atoms with E-state index < -0.39 is 0 Å². The average molecular weight is 289 g/mol. The van der Waals surface area contributed by atoms with Gasteiger partial charge in [-0.25, -0.2) is 0 Å². The van der Waals surface area contributed by atoms with Gasteiger partial charge < -0.3 is 9.47 Å². The highest BCUT2D eigenvalue weighted by molar-refractivity contribution is 5.78. The number of aromatic nitrogens is 1. The molecule has 0 radical (unpaired) electrons. The molecule has 5 nitrogen and oxygen atoms in total. The summed E-state index contributed by atoms with van der Waals surface area (Å²) >= 11 is 0. The van der Waals surface area contributed by atoms with Crippen molar-refractivity contribution in [3.05, 3.63) is 42.1 Å². The minimum atomic E-state index is -0.377. The maximum Gasteiger partial charge on any atom is 0.174 e. The first-order valence-corrected chi connectivity index (χ1v) is 7.32. The zero-order valence-corrected chi connectivity index (χ0v) is 12.6. The van der Waals surface area contributed by atoms with Crippen molar-refractivity contribution in [2.75, 3.05) is 13.2 Å². The molecule has 114 valence electrons. The van der Waals surface area contributed by atoms with Gasteiger partial charge in [-0.1, -0.05) is 24.3 Å². The predicted molar refractivity (Wildman–Crippen MR) is 83.6 cm³/mol. The lowest BCUT2D eigenvalue weighted by Gasteiger charge is -2.25. The molecule has 0 spiro atoms. The summed E-state index contributed by atoms with van der Waals surface area (Å²) < 4.78 is 11.2. The number of hydrogen-bond acceptors (Lipinski definition) is 5. The molecule has 1 atom stereocenters. The van der Waals surface area contributed by atoms with Crippen molar-refractivity contribution in [3.8, 4) is 0 Å². The summed E-state index contributed by atoms with van der Waals surface area (Å²) in [5.41, 5.74) is 4.72. The van der Waals surface area contributed by atoms with Gasteiger partial charge in [0.05, 0.1) is 11.6 Å². The molecule has 0 amide bonds. The third-order valence-corrected chi connectivity index (χ3v) is 3.29. The summed E-state index contributed by atoms with van der Waals surface area (Å²) in [6.07, 6.45) is 0.268. The number of nitrogens with zero attached hydrogens (tertiary/aromatic N) is 1. The summed E-state index contributed by atoms with van der Waals surface area (Å²) in [6.45, 7) is 5.03. The molecule has 0 aliphatic carbocycles. The van der Waals surface area contributed by atoms with Crippen molar-refractivity contribution in [1.82, 2.24) is 10.4 Å². The number of hydrogen-bond donors (Lipinski definition) is 2. The first-order valence-electron chi connectivity index (χ1n) is 7.32. The second-order valence-corrected chi connectivity index (χ2v) is 4.75. The molecule has 1 aromatic heterocycles. The summed E-state index contributed by atoms with van der Waals surface area (Å²) in [6, 6.07) is 12.0. The van der Waals surface area contributed by atoms with E-state index in [4.69, 9.17) is 15.3 Å². The second kappa shape index (κ2) is 8.05. The minimum absolute atomic E-state index is 0.140. The van der Waals surface area contributed by atoms with E-state index in [1.54, 1.807) is 0 Å². The maximum atomic E-state index is 5.66. The van der Waals surface area contributed by atoms with Crippen molar-refractivity contribution in [2.45, 2.75) is 32.6 Å². The van der Waals surface area contributed by atoms with Crippen LogP contribution in [0.1, 0.15) is 19.5 Å². The highest BCUT2D eigenvalue weighted by atomic mass is 16.7. The van der Waals surface area contributed by atoms with Crippen molar-refractivity contribution in [3.63, 3.8) is 0 Å². The summed E-state index contributed by atoms with van der Waals surface area (Å²) in [7, 11) is 0. The lowest BCUT2D eigenvalue weighted by atomic mass is 10.1. The number of nitrogens with two attached hydrogens (primary N) is 1. The number of rotatable bonds is 8. The van der Waals surface area contributed by atoms with E-state index in [0.29, 0.717) is 19.6 Å². The zero-order chi connectivity index (χ0) is 15.1. The lowest BCUT2D eigenvalue weighted by molar-refractivity contribution is -0.153. The molecule has 2 rings (SSSR count). The molecule has 21 heavy (non-hydrogen) atoms. The van der Waals surface area contributed by atoms with Crippen molar-refractivity contribution in [1.29, 1.82) is 0 Å². The number of para-hydroxylation sites is 1. The number of fused-ring (bicyclic) bond motifs is 1. The fraction of sp³-hybridized carbons (Fsp3) is 0.438. The Morgan fingerprint density at radius 1 is 1.10 bits per heavy atom. The van der Waals surface area contributed by atoms with E-state index in [9.17, 15) is 0 Å². The summed E-state index contributed by atoms with van der Waals surface area (Å²) in [5.74, 6) is 5.66. The number of hydrazine groups is 1. The zero-order valence-electron chi connectivity index (χ0n) is 12.6. The van der Waals surface area contributed by atoms with Gasteiger partial charge in [-0.2, -0.15) is 0 Å². The van der Waals surface area contributed by atoms with Crippen molar-refractivity contribution < 1.29 is 9.47 Å². The quantitative estimate of drug-likeness (QED) is 0.442. The van der Waals surface area contributed by atoms with Crippen LogP contribution < -0.4 is 11.3 Å². The van der Waals surface area contributed by atoms with Gasteiger partial charge in [-0.3, -0.25) is 16.3 Å². The van der Waals surface area contributed by atoms with E-state index in [-0.39, 0.29) is 12.3 Å². The molecule has 3 N–H and O–H groups in total. The van der Waals surface area contributed by atoms with Crippen molar-refractivity contribution in [2.24, 2.45) is 5.84 Å². The van der Waals surface area contributed by atoms with Gasteiger partial charge in [0.15, 0.2) is 6.29 Å². The van der Waals surface area contributed by atoms with Gasteiger partial charge in [-0.15, -0.1) is 0 Å². The van der Waals surface area contributed by atoms with E-state index in [1.807, 2.05) is 44.2 Å². The fourth-order valence-corrected chi connectivity index (χ4v) is 2.29. The van der Waals surface area contributed by atoms with E-state index >= 15 is 0 Å². The first-order chi connectivity index (χ1) is 10.3. The second-order valence-electron chi connectivity index (χ2n) is 4.75. The van der Waals surface area contributed by atoms with Crippen LogP contribution in [0.3, 0.4) is 0 Å². The van der Waals surface area contributed by atoms with Crippen LogP contribution in [-0.4, -0.2) is 30.5 Å². The molecule has 0 saturated heterocycles. The third kappa shape index (κ3) is 4.22. The normalized spacial score (nSPS) is 13.0. The largest absolute Gasteiger partial charge is 0.351 e. The number of pyridine rings is 1. The molecule has 0 aliphatic rings. The van der Waals surface area contributed by atoms with Gasteiger partial charge in [-0.05, 0) is 26.0 Å². The van der Waals surface area contributed by atoms with Gasteiger partial charge in [0.1, 0.15) is 0 Å². The van der Waals surface area contributed by atoms with Crippen LogP contribution in [0.5, 0.6) is 0 Å². The topological polar surface area (TPSA) is 69.4 Å². The molecular weight excluding hydrogens is 266 g/mol. The van der Waals surface area contributed by atoms with Crippen LogP contribution in [-0.2, 0) is 15.9 Å². The molecular formula is C16H23N3O2. The fourth-order valence-electron chi connectivity index (χ4n) is 2.29. The van der Waals surface area contributed by atoms with Gasteiger partial charge in [0.25, 0.3) is 0 Å². The standard InChI is InChI=1S/C16H23N3O2/c1-3-20-16(21-4-2)15(19-17)11-13-10-9-12-7-5-6-8-14(12)18-13/h5-10,15-16,19H,3-4,11,17H2,1-2H3. The monoisotopic (exact) mass is 289 g/mol. The molecule has 0 aliphatic heterocycles. The molecule has 1 aromatic carbocycles. The Morgan fingerprint density at radius 2 is 1.81 bits per heavy atom. The summed E-state index contributed by atoms with van der Waals surface area (Å²) in [5, 5.41) is 1.13. The van der Waals surface area contributed by atoms with Gasteiger partial charge in [0.2, 0.25) is 0 Å². The van der Waals surface area contributed by atoms with Crippen LogP contribution in [0.25, 0.3) is 10.9 Å². The van der Waals surface area contributed by atoms with Gasteiger partial charge in [0, 0.05) is 30.7 Å². The van der Waals surface area contributed by atoms with Crippen molar-refractivity contribution >= 4 is 10.9 Å². The van der Waals surface area contributed by atoms with E-state index in [1.165, 1.54) is 0 Å². The molecule has 0 bridgehead atoms. The molecule has 0 fully saturated rings. The van der Waals surface area contributed by atoms with Crippen LogP contribution in [0.2, 0.25) is 0 Å². The first kappa shape index (κ1) is 15.9. The number of nitrogens with one attached hydrogen (secondary N) is 1. The Bertz CT molecular complexity index is 556. The minimum Gasteiger partial charge on any atom is -0.351 e. The maximum absolute atomic E-state index is 5.66. The Kier molecular flexibility index (Phi) is 6.07. The SMILES string of the molecule is CCOC(OCC)C(Cc1ccc2ccccc2n1)NN. The van der Waals surface area contributed by atoms with Crippen LogP contribution in [0.4, 0.5) is 0 Å². The lowest BCUT2D eigenvalue weighted by Crippen LogP contribution is -2.48. The van der Waals surface area contributed by atoms with E-state index in [2.05, 4.69) is 16.5 Å². The number of benzene rings is 1. The molecule has 5 heteroatoms. The smallest absolute Gasteiger partial charge is 0.174 e. The molecule has 0 saturated carbocycles. The Balaban J connectivity index is 2.14. The summed E-state index contributed by atoms with van der Waals surface area (Å²) in [4.78, 5) is 4.66. The van der Waals surface area contributed by atoms with Gasteiger partial charge >= 0.3 is 0 Å². The highest BCUT2D eigenvalue weighted by Crippen LogP contribution is 2.14. The van der Waals surface area contributed by atoms with E-state index in [0.717, 1.165) is 16.6 Å².